The zero-order valence-corrected chi connectivity index (χ0v) is 20.2. The summed E-state index contributed by atoms with van der Waals surface area (Å²) in [5.74, 6) is -1.18. The Morgan fingerprint density at radius 2 is 1.91 bits per heavy atom. The highest BCUT2D eigenvalue weighted by atomic mass is 16.6. The number of anilines is 1. The first-order valence-electron chi connectivity index (χ1n) is 11.4. The number of nitrogens with zero attached hydrogens (tertiary/aromatic N) is 1. The van der Waals surface area contributed by atoms with Gasteiger partial charge < -0.3 is 24.5 Å². The molecule has 0 radical (unpaired) electrons. The van der Waals surface area contributed by atoms with Crippen LogP contribution in [0, 0.1) is 6.92 Å². The number of esters is 1. The van der Waals surface area contributed by atoms with Crippen LogP contribution < -0.4 is 15.4 Å². The molecule has 3 N–H and O–H groups in total. The molecule has 2 aromatic carbocycles. The van der Waals surface area contributed by atoms with Crippen LogP contribution in [0.15, 0.2) is 42.5 Å². The summed E-state index contributed by atoms with van der Waals surface area (Å²) in [5.41, 5.74) is 3.29. The summed E-state index contributed by atoms with van der Waals surface area (Å²) in [6.45, 7) is 7.90. The maximum atomic E-state index is 12.9. The van der Waals surface area contributed by atoms with E-state index in [0.717, 1.165) is 22.2 Å². The Bertz CT molecular complexity index is 1300. The monoisotopic (exact) mass is 479 g/mol. The molecule has 1 atom stereocenters. The van der Waals surface area contributed by atoms with E-state index in [1.807, 2.05) is 45.9 Å². The number of carbonyl (C=O) groups is 3. The van der Waals surface area contributed by atoms with Crippen molar-refractivity contribution in [1.29, 1.82) is 0 Å². The van der Waals surface area contributed by atoms with Crippen molar-refractivity contribution >= 4 is 34.4 Å². The van der Waals surface area contributed by atoms with Gasteiger partial charge in [-0.15, -0.1) is 0 Å². The number of carboxylic acid groups (broad SMARTS) is 1. The summed E-state index contributed by atoms with van der Waals surface area (Å²) in [5, 5.41) is 15.8. The average Bonchev–Trinajstić information content (AvgIpc) is 3.15. The van der Waals surface area contributed by atoms with Crippen molar-refractivity contribution in [2.75, 3.05) is 11.9 Å². The molecule has 9 heteroatoms. The molecule has 0 spiro atoms. The number of rotatable bonds is 6. The Hall–Kier alpha value is -3.85. The Balaban J connectivity index is 1.49. The molecule has 9 nitrogen and oxygen atoms in total. The van der Waals surface area contributed by atoms with Crippen molar-refractivity contribution in [2.45, 2.75) is 52.4 Å². The van der Waals surface area contributed by atoms with Crippen molar-refractivity contribution in [3.05, 3.63) is 59.3 Å². The van der Waals surface area contributed by atoms with Crippen molar-refractivity contribution in [3.63, 3.8) is 0 Å². The molecule has 1 amide bonds. The minimum atomic E-state index is -1.06. The van der Waals surface area contributed by atoms with Crippen molar-refractivity contribution in [3.8, 4) is 5.75 Å². The molecule has 0 bridgehead atoms. The smallest absolute Gasteiger partial charge is 0.341 e. The number of amides is 1. The normalized spacial score (nSPS) is 15.4. The summed E-state index contributed by atoms with van der Waals surface area (Å²) in [6, 6.07) is 12.0. The first-order chi connectivity index (χ1) is 16.5. The van der Waals surface area contributed by atoms with Gasteiger partial charge in [0, 0.05) is 40.9 Å². The molecule has 3 aromatic rings. The highest BCUT2D eigenvalue weighted by Gasteiger charge is 2.29. The molecule has 1 aliphatic rings. The van der Waals surface area contributed by atoms with Crippen LogP contribution in [0.4, 0.5) is 5.69 Å². The highest BCUT2D eigenvalue weighted by molar-refractivity contribution is 6.06. The minimum absolute atomic E-state index is 0.261. The molecule has 35 heavy (non-hydrogen) atoms. The largest absolute Gasteiger partial charge is 0.482 e. The van der Waals surface area contributed by atoms with Crippen LogP contribution in [0.3, 0.4) is 0 Å². The second-order valence-electron chi connectivity index (χ2n) is 9.60. The van der Waals surface area contributed by atoms with E-state index < -0.39 is 24.2 Å². The molecule has 184 valence electrons. The number of benzene rings is 2. The Labute approximate surface area is 203 Å². The molecule has 0 saturated carbocycles. The van der Waals surface area contributed by atoms with E-state index in [4.69, 9.17) is 14.6 Å². The molecular weight excluding hydrogens is 450 g/mol. The number of aromatic nitrogens is 1. The predicted molar refractivity (Wildman–Crippen MR) is 131 cm³/mol. The average molecular weight is 480 g/mol. The summed E-state index contributed by atoms with van der Waals surface area (Å²) in [4.78, 5) is 36.1. The molecule has 0 saturated heterocycles. The van der Waals surface area contributed by atoms with Gasteiger partial charge in [-0.1, -0.05) is 0 Å². The number of ether oxygens (including phenoxy) is 2. The SMILES string of the molecule is Cc1cc(OCC(=O)O)ccc1NC(=O)c1ccc2c(c1)cc1n2CC(C(=O)OC(C)(C)C)NC1. The number of nitrogens with one attached hydrogen (secondary N) is 2. The maximum Gasteiger partial charge on any atom is 0.341 e. The third kappa shape index (κ3) is 5.63. The van der Waals surface area contributed by atoms with Gasteiger partial charge in [-0.25, -0.2) is 4.79 Å². The summed E-state index contributed by atoms with van der Waals surface area (Å²) in [6.07, 6.45) is 0. The van der Waals surface area contributed by atoms with Crippen LogP contribution in [0.1, 0.15) is 42.4 Å². The predicted octanol–water partition coefficient (Wildman–Crippen LogP) is 3.48. The molecule has 2 heterocycles. The lowest BCUT2D eigenvalue weighted by molar-refractivity contribution is -0.158. The third-order valence-electron chi connectivity index (χ3n) is 5.64. The second-order valence-corrected chi connectivity index (χ2v) is 9.60. The van der Waals surface area contributed by atoms with Gasteiger partial charge in [0.1, 0.15) is 17.4 Å². The fourth-order valence-electron chi connectivity index (χ4n) is 4.04. The zero-order valence-electron chi connectivity index (χ0n) is 20.2. The first kappa shape index (κ1) is 24.3. The highest BCUT2D eigenvalue weighted by Crippen LogP contribution is 2.26. The molecule has 1 aliphatic heterocycles. The lowest BCUT2D eigenvalue weighted by Crippen LogP contribution is -2.46. The van der Waals surface area contributed by atoms with Gasteiger partial charge in [-0.05, 0) is 75.7 Å². The van der Waals surface area contributed by atoms with Gasteiger partial charge in [-0.2, -0.15) is 0 Å². The van der Waals surface area contributed by atoms with Crippen LogP contribution in [-0.4, -0.2) is 45.8 Å². The van der Waals surface area contributed by atoms with E-state index in [9.17, 15) is 14.4 Å². The third-order valence-corrected chi connectivity index (χ3v) is 5.64. The standard InChI is InChI=1S/C26H29N3O6/c1-15-9-19(34-14-23(30)31)6-7-20(15)28-24(32)16-5-8-22-17(10-16)11-18-12-27-21(13-29(18)22)25(33)35-26(2,3)4/h5-11,21,27H,12-14H2,1-4H3,(H,28,32)(H,30,31). The molecule has 4 rings (SSSR count). The van der Waals surface area contributed by atoms with Crippen molar-refractivity contribution in [1.82, 2.24) is 9.88 Å². The van der Waals surface area contributed by atoms with Crippen LogP contribution in [0.5, 0.6) is 5.75 Å². The van der Waals surface area contributed by atoms with Gasteiger partial charge in [0.05, 0.1) is 0 Å². The summed E-state index contributed by atoms with van der Waals surface area (Å²) in [7, 11) is 0. The number of fused-ring (bicyclic) bond motifs is 3. The summed E-state index contributed by atoms with van der Waals surface area (Å²) < 4.78 is 12.8. The lowest BCUT2D eigenvalue weighted by Gasteiger charge is -2.28. The van der Waals surface area contributed by atoms with Crippen LogP contribution in [-0.2, 0) is 27.4 Å². The van der Waals surface area contributed by atoms with Gasteiger partial charge in [0.15, 0.2) is 6.61 Å². The molecular formula is C26H29N3O6. The van der Waals surface area contributed by atoms with E-state index in [1.54, 1.807) is 24.3 Å². The number of carbonyl (C=O) groups excluding carboxylic acids is 2. The fraction of sp³-hybridized carbons (Fsp3) is 0.346. The number of hydrogen-bond donors (Lipinski definition) is 3. The quantitative estimate of drug-likeness (QED) is 0.463. The number of aliphatic carboxylic acids is 1. The molecule has 1 aromatic heterocycles. The maximum absolute atomic E-state index is 12.9. The van der Waals surface area contributed by atoms with Crippen LogP contribution in [0.25, 0.3) is 10.9 Å². The topological polar surface area (TPSA) is 119 Å². The number of aryl methyl sites for hydroxylation is 1. The van der Waals surface area contributed by atoms with E-state index in [-0.39, 0.29) is 11.9 Å². The minimum Gasteiger partial charge on any atom is -0.482 e. The van der Waals surface area contributed by atoms with Gasteiger partial charge >= 0.3 is 11.9 Å². The van der Waals surface area contributed by atoms with Crippen LogP contribution in [0.2, 0.25) is 0 Å². The van der Waals surface area contributed by atoms with Gasteiger partial charge in [0.25, 0.3) is 5.91 Å². The first-order valence-corrected chi connectivity index (χ1v) is 11.4. The fourth-order valence-corrected chi connectivity index (χ4v) is 4.04. The molecule has 0 aliphatic carbocycles. The lowest BCUT2D eigenvalue weighted by atomic mass is 10.1. The molecule has 1 unspecified atom stereocenters. The van der Waals surface area contributed by atoms with E-state index in [2.05, 4.69) is 15.2 Å². The Kier molecular flexibility index (Phi) is 6.53. The van der Waals surface area contributed by atoms with Crippen molar-refractivity contribution in [2.24, 2.45) is 0 Å². The van der Waals surface area contributed by atoms with Crippen LogP contribution >= 0.6 is 0 Å². The van der Waals surface area contributed by atoms with E-state index >= 15 is 0 Å². The molecule has 0 fully saturated rings. The van der Waals surface area contributed by atoms with Crippen molar-refractivity contribution < 1.29 is 29.0 Å². The van der Waals surface area contributed by atoms with E-state index in [1.165, 1.54) is 0 Å². The summed E-state index contributed by atoms with van der Waals surface area (Å²) >= 11 is 0. The van der Waals surface area contributed by atoms with Gasteiger partial charge in [0.2, 0.25) is 0 Å². The zero-order chi connectivity index (χ0) is 25.3. The number of carboxylic acids is 1. The number of hydrogen-bond acceptors (Lipinski definition) is 6. The van der Waals surface area contributed by atoms with Gasteiger partial charge in [-0.3, -0.25) is 14.9 Å². The Morgan fingerprint density at radius 3 is 2.60 bits per heavy atom. The second kappa shape index (κ2) is 9.42. The van der Waals surface area contributed by atoms with E-state index in [0.29, 0.717) is 30.1 Å². The Morgan fingerprint density at radius 1 is 1.14 bits per heavy atom.